The SMILES string of the molecule is C.C=C/C=C(\C=C/CC1C(C)=C(c2cc(Cl)ccc2C)CCN1C(=O)Oc1ccc(C)cc1)OCCN(C)C. The molecule has 1 aliphatic heterocycles. The Morgan fingerprint density at radius 2 is 1.87 bits per heavy atom. The van der Waals surface area contributed by atoms with Crippen molar-refractivity contribution in [2.45, 2.75) is 47.1 Å². The quantitative estimate of drug-likeness (QED) is 0.221. The molecule has 0 aliphatic carbocycles. The first-order chi connectivity index (χ1) is 18.2. The van der Waals surface area contributed by atoms with Crippen LogP contribution in [0.4, 0.5) is 4.79 Å². The van der Waals surface area contributed by atoms with Crippen LogP contribution >= 0.6 is 11.6 Å². The van der Waals surface area contributed by atoms with Gasteiger partial charge in [-0.05, 0) is 106 Å². The average molecular weight is 551 g/mol. The van der Waals surface area contributed by atoms with Gasteiger partial charge in [0.25, 0.3) is 0 Å². The fourth-order valence-electron chi connectivity index (χ4n) is 4.50. The van der Waals surface area contributed by atoms with Crippen molar-refractivity contribution in [1.29, 1.82) is 0 Å². The molecule has 2 aromatic rings. The van der Waals surface area contributed by atoms with Crippen LogP contribution in [0.2, 0.25) is 5.02 Å². The topological polar surface area (TPSA) is 42.0 Å². The number of carbonyl (C=O) groups is 1. The summed E-state index contributed by atoms with van der Waals surface area (Å²) in [4.78, 5) is 17.3. The summed E-state index contributed by atoms with van der Waals surface area (Å²) in [7, 11) is 4.02. The Hall–Kier alpha value is -3.28. The third-order valence-electron chi connectivity index (χ3n) is 6.67. The van der Waals surface area contributed by atoms with Gasteiger partial charge in [0.05, 0.1) is 6.04 Å². The zero-order valence-electron chi connectivity index (χ0n) is 23.2. The summed E-state index contributed by atoms with van der Waals surface area (Å²) < 4.78 is 11.7. The normalized spacial score (nSPS) is 15.9. The van der Waals surface area contributed by atoms with Crippen molar-refractivity contribution in [2.24, 2.45) is 0 Å². The summed E-state index contributed by atoms with van der Waals surface area (Å²) in [5, 5.41) is 0.706. The Bertz CT molecular complexity index is 1210. The Morgan fingerprint density at radius 1 is 1.15 bits per heavy atom. The third-order valence-corrected chi connectivity index (χ3v) is 6.91. The van der Waals surface area contributed by atoms with E-state index in [2.05, 4.69) is 31.4 Å². The van der Waals surface area contributed by atoms with Crippen molar-refractivity contribution < 1.29 is 14.3 Å². The highest BCUT2D eigenvalue weighted by Gasteiger charge is 2.32. The molecular formula is C33H43ClN2O3. The number of allylic oxidation sites excluding steroid dienone is 3. The molecule has 1 amide bonds. The summed E-state index contributed by atoms with van der Waals surface area (Å²) in [5.74, 6) is 1.28. The minimum atomic E-state index is -0.349. The summed E-state index contributed by atoms with van der Waals surface area (Å²) in [6.07, 6.45) is 8.56. The minimum absolute atomic E-state index is 0. The van der Waals surface area contributed by atoms with Gasteiger partial charge in [-0.25, -0.2) is 4.79 Å². The summed E-state index contributed by atoms with van der Waals surface area (Å²) in [6, 6.07) is 13.3. The molecular weight excluding hydrogens is 508 g/mol. The van der Waals surface area contributed by atoms with E-state index in [1.54, 1.807) is 6.08 Å². The highest BCUT2D eigenvalue weighted by Crippen LogP contribution is 2.36. The third kappa shape index (κ3) is 9.15. The van der Waals surface area contributed by atoms with Gasteiger partial charge in [0.1, 0.15) is 18.1 Å². The molecule has 0 bridgehead atoms. The van der Waals surface area contributed by atoms with E-state index in [-0.39, 0.29) is 19.6 Å². The van der Waals surface area contributed by atoms with E-state index in [1.807, 2.05) is 80.5 Å². The van der Waals surface area contributed by atoms with Gasteiger partial charge < -0.3 is 19.3 Å². The van der Waals surface area contributed by atoms with Crippen LogP contribution in [-0.4, -0.2) is 55.7 Å². The molecule has 2 aromatic carbocycles. The smallest absolute Gasteiger partial charge is 0.415 e. The van der Waals surface area contributed by atoms with Crippen molar-refractivity contribution in [2.75, 3.05) is 33.8 Å². The predicted octanol–water partition coefficient (Wildman–Crippen LogP) is 8.23. The fourth-order valence-corrected chi connectivity index (χ4v) is 4.67. The van der Waals surface area contributed by atoms with Crippen LogP contribution in [0.15, 0.2) is 84.7 Å². The lowest BCUT2D eigenvalue weighted by Gasteiger charge is -2.37. The van der Waals surface area contributed by atoms with E-state index < -0.39 is 0 Å². The molecule has 0 fully saturated rings. The number of ether oxygens (including phenoxy) is 2. The molecule has 0 aromatic heterocycles. The van der Waals surface area contributed by atoms with Gasteiger partial charge in [0, 0.05) is 18.1 Å². The maximum absolute atomic E-state index is 13.4. The second kappa shape index (κ2) is 15.3. The van der Waals surface area contributed by atoms with Crippen LogP contribution in [0, 0.1) is 13.8 Å². The molecule has 1 heterocycles. The van der Waals surface area contributed by atoms with Crippen molar-refractivity contribution in [1.82, 2.24) is 9.80 Å². The zero-order chi connectivity index (χ0) is 27.7. The second-order valence-corrected chi connectivity index (χ2v) is 10.3. The van der Waals surface area contributed by atoms with Gasteiger partial charge >= 0.3 is 6.09 Å². The number of likely N-dealkylation sites (N-methyl/N-ethyl adjacent to an activating group) is 1. The Morgan fingerprint density at radius 3 is 2.54 bits per heavy atom. The van der Waals surface area contributed by atoms with Crippen LogP contribution in [0.1, 0.15) is 43.9 Å². The number of hydrogen-bond acceptors (Lipinski definition) is 4. The Kier molecular flexibility index (Phi) is 12.6. The first-order valence-corrected chi connectivity index (χ1v) is 13.4. The van der Waals surface area contributed by atoms with Crippen molar-refractivity contribution >= 4 is 23.3 Å². The van der Waals surface area contributed by atoms with Gasteiger partial charge in [-0.1, -0.05) is 61.5 Å². The van der Waals surface area contributed by atoms with Gasteiger partial charge in [0.2, 0.25) is 0 Å². The van der Waals surface area contributed by atoms with E-state index in [4.69, 9.17) is 21.1 Å². The standard InChI is InChI=1S/C32H39ClN2O3.CH4/c1-7-9-27(37-21-20-34(5)6)10-8-11-31-25(4)29(30-22-26(33)15-14-24(30)3)18-19-35(31)32(36)38-28-16-12-23(2)13-17-28;/h7-10,12-17,22,31H,1,11,18-21H2,2-6H3;1H4/b10-8-,27-9+;. The van der Waals surface area contributed by atoms with E-state index in [9.17, 15) is 4.79 Å². The Labute approximate surface area is 240 Å². The molecule has 5 nitrogen and oxygen atoms in total. The molecule has 1 aliphatic rings. The molecule has 0 saturated heterocycles. The van der Waals surface area contributed by atoms with Gasteiger partial charge in [0.15, 0.2) is 0 Å². The lowest BCUT2D eigenvalue weighted by atomic mass is 9.86. The van der Waals surface area contributed by atoms with Crippen LogP contribution in [0.3, 0.4) is 0 Å². The lowest BCUT2D eigenvalue weighted by molar-refractivity contribution is 0.137. The summed E-state index contributed by atoms with van der Waals surface area (Å²) in [5.41, 5.74) is 5.78. The largest absolute Gasteiger partial charge is 0.492 e. The lowest BCUT2D eigenvalue weighted by Crippen LogP contribution is -2.45. The number of aryl methyl sites for hydroxylation is 2. The fraction of sp³-hybridized carbons (Fsp3) is 0.364. The highest BCUT2D eigenvalue weighted by molar-refractivity contribution is 6.30. The van der Waals surface area contributed by atoms with Gasteiger partial charge in [-0.2, -0.15) is 0 Å². The van der Waals surface area contributed by atoms with Crippen LogP contribution < -0.4 is 4.74 Å². The molecule has 3 rings (SSSR count). The molecule has 6 heteroatoms. The maximum atomic E-state index is 13.4. The van der Waals surface area contributed by atoms with Crippen LogP contribution in [0.25, 0.3) is 5.57 Å². The molecule has 0 saturated carbocycles. The summed E-state index contributed by atoms with van der Waals surface area (Å²) in [6.45, 7) is 11.9. The number of benzene rings is 2. The zero-order valence-corrected chi connectivity index (χ0v) is 23.9. The van der Waals surface area contributed by atoms with Crippen molar-refractivity contribution in [3.05, 3.63) is 106 Å². The number of nitrogens with zero attached hydrogens (tertiary/aromatic N) is 2. The van der Waals surface area contributed by atoms with Crippen molar-refractivity contribution in [3.8, 4) is 5.75 Å². The van der Waals surface area contributed by atoms with Crippen LogP contribution in [-0.2, 0) is 4.74 Å². The second-order valence-electron chi connectivity index (χ2n) is 9.86. The summed E-state index contributed by atoms with van der Waals surface area (Å²) >= 11 is 6.36. The molecule has 39 heavy (non-hydrogen) atoms. The molecule has 0 spiro atoms. The van der Waals surface area contributed by atoms with Gasteiger partial charge in [-0.15, -0.1) is 0 Å². The van der Waals surface area contributed by atoms with E-state index in [0.29, 0.717) is 30.3 Å². The molecule has 1 atom stereocenters. The first kappa shape index (κ1) is 31.9. The van der Waals surface area contributed by atoms with E-state index >= 15 is 0 Å². The number of hydrogen-bond donors (Lipinski definition) is 0. The number of carbonyl (C=O) groups excluding carboxylic acids is 1. The van der Waals surface area contributed by atoms with E-state index in [1.165, 1.54) is 11.1 Å². The molecule has 1 unspecified atom stereocenters. The van der Waals surface area contributed by atoms with Crippen LogP contribution in [0.5, 0.6) is 5.75 Å². The number of halogens is 1. The molecule has 0 N–H and O–H groups in total. The highest BCUT2D eigenvalue weighted by atomic mass is 35.5. The average Bonchev–Trinajstić information content (AvgIpc) is 2.87. The molecule has 210 valence electrons. The van der Waals surface area contributed by atoms with E-state index in [0.717, 1.165) is 35.4 Å². The first-order valence-electron chi connectivity index (χ1n) is 13.0. The van der Waals surface area contributed by atoms with Crippen molar-refractivity contribution in [3.63, 3.8) is 0 Å². The predicted molar refractivity (Wildman–Crippen MR) is 164 cm³/mol. The maximum Gasteiger partial charge on any atom is 0.415 e. The number of amides is 1. The Balaban J connectivity index is 0.00000533. The number of rotatable bonds is 10. The molecule has 0 radical (unpaired) electrons. The monoisotopic (exact) mass is 550 g/mol. The van der Waals surface area contributed by atoms with Gasteiger partial charge in [-0.3, -0.25) is 0 Å². The minimum Gasteiger partial charge on any atom is -0.492 e.